The number of nitrogens with zero attached hydrogens (tertiary/aromatic N) is 2. The second-order valence-electron chi connectivity index (χ2n) is 3.82. The summed E-state index contributed by atoms with van der Waals surface area (Å²) in [4.78, 5) is 0. The van der Waals surface area contributed by atoms with Crippen LogP contribution in [-0.2, 0) is 0 Å². The lowest BCUT2D eigenvalue weighted by Crippen LogP contribution is -2.09. The van der Waals surface area contributed by atoms with Crippen molar-refractivity contribution in [3.63, 3.8) is 0 Å². The number of hydrogen-bond acceptors (Lipinski definition) is 2. The fourth-order valence-corrected chi connectivity index (χ4v) is 1.05. The Kier molecular flexibility index (Phi) is 4.26. The van der Waals surface area contributed by atoms with Crippen LogP contribution in [0.1, 0.15) is 26.8 Å². The predicted octanol–water partition coefficient (Wildman–Crippen LogP) is 2.72. The standard InChI is InChI=1S/C10H17ClN2O/c1-8(2)13-6-10(5-12-13)14-7-9(3)4-11/h5-6,8-9H,4,7H2,1-3H3. The van der Waals surface area contributed by atoms with Crippen LogP contribution in [0.2, 0.25) is 0 Å². The second-order valence-corrected chi connectivity index (χ2v) is 4.13. The number of rotatable bonds is 5. The Morgan fingerprint density at radius 2 is 2.21 bits per heavy atom. The Bertz CT molecular complexity index is 273. The minimum atomic E-state index is 0.373. The molecule has 1 heterocycles. The van der Waals surface area contributed by atoms with Gasteiger partial charge in [0.15, 0.2) is 5.75 Å². The number of aromatic nitrogens is 2. The quantitative estimate of drug-likeness (QED) is 0.708. The third-order valence-electron chi connectivity index (χ3n) is 1.90. The maximum atomic E-state index is 5.67. The third kappa shape index (κ3) is 3.22. The highest BCUT2D eigenvalue weighted by atomic mass is 35.5. The van der Waals surface area contributed by atoms with Gasteiger partial charge in [-0.25, -0.2) is 0 Å². The van der Waals surface area contributed by atoms with Gasteiger partial charge in [-0.15, -0.1) is 11.6 Å². The van der Waals surface area contributed by atoms with Gasteiger partial charge in [0.1, 0.15) is 0 Å². The topological polar surface area (TPSA) is 27.1 Å². The van der Waals surface area contributed by atoms with Crippen molar-refractivity contribution in [1.29, 1.82) is 0 Å². The Morgan fingerprint density at radius 1 is 1.50 bits per heavy atom. The van der Waals surface area contributed by atoms with E-state index >= 15 is 0 Å². The molecule has 1 rings (SSSR count). The molecule has 0 fully saturated rings. The van der Waals surface area contributed by atoms with Gasteiger partial charge in [-0.1, -0.05) is 6.92 Å². The van der Waals surface area contributed by atoms with Gasteiger partial charge in [-0.2, -0.15) is 5.10 Å². The molecular formula is C10H17ClN2O. The molecule has 1 aromatic rings. The van der Waals surface area contributed by atoms with Crippen molar-refractivity contribution in [2.45, 2.75) is 26.8 Å². The molecule has 1 aromatic heterocycles. The van der Waals surface area contributed by atoms with Crippen LogP contribution < -0.4 is 4.74 Å². The summed E-state index contributed by atoms with van der Waals surface area (Å²) in [7, 11) is 0. The summed E-state index contributed by atoms with van der Waals surface area (Å²) in [6.07, 6.45) is 3.65. The molecule has 0 aliphatic rings. The lowest BCUT2D eigenvalue weighted by atomic mass is 10.2. The van der Waals surface area contributed by atoms with Crippen LogP contribution in [0.4, 0.5) is 0 Å². The van der Waals surface area contributed by atoms with E-state index in [1.54, 1.807) is 6.20 Å². The van der Waals surface area contributed by atoms with E-state index in [0.29, 0.717) is 24.4 Å². The van der Waals surface area contributed by atoms with E-state index in [4.69, 9.17) is 16.3 Å². The van der Waals surface area contributed by atoms with E-state index < -0.39 is 0 Å². The van der Waals surface area contributed by atoms with Crippen molar-refractivity contribution in [1.82, 2.24) is 9.78 Å². The third-order valence-corrected chi connectivity index (χ3v) is 2.43. The van der Waals surface area contributed by atoms with Gasteiger partial charge in [-0.3, -0.25) is 4.68 Å². The molecule has 80 valence electrons. The van der Waals surface area contributed by atoms with E-state index in [0.717, 1.165) is 5.75 Å². The predicted molar refractivity (Wildman–Crippen MR) is 58.0 cm³/mol. The summed E-state index contributed by atoms with van der Waals surface area (Å²) in [6, 6.07) is 0.373. The molecule has 0 bridgehead atoms. The van der Waals surface area contributed by atoms with Gasteiger partial charge in [-0.05, 0) is 13.8 Å². The molecule has 0 radical (unpaired) electrons. The van der Waals surface area contributed by atoms with Gasteiger partial charge in [0.2, 0.25) is 0 Å². The molecule has 4 heteroatoms. The highest BCUT2D eigenvalue weighted by molar-refractivity contribution is 6.18. The van der Waals surface area contributed by atoms with Crippen LogP contribution in [-0.4, -0.2) is 22.3 Å². The van der Waals surface area contributed by atoms with Gasteiger partial charge in [0.05, 0.1) is 19.0 Å². The largest absolute Gasteiger partial charge is 0.490 e. The zero-order valence-electron chi connectivity index (χ0n) is 8.90. The van der Waals surface area contributed by atoms with Crippen molar-refractivity contribution in [3.8, 4) is 5.75 Å². The first-order valence-electron chi connectivity index (χ1n) is 4.86. The van der Waals surface area contributed by atoms with Crippen molar-refractivity contribution in [2.75, 3.05) is 12.5 Å². The van der Waals surface area contributed by atoms with E-state index in [2.05, 4.69) is 25.9 Å². The normalized spacial score (nSPS) is 13.2. The number of hydrogen-bond donors (Lipinski definition) is 0. The van der Waals surface area contributed by atoms with Gasteiger partial charge in [0, 0.05) is 17.8 Å². The fraction of sp³-hybridized carbons (Fsp3) is 0.700. The average Bonchev–Trinajstić information content (AvgIpc) is 2.62. The Hall–Kier alpha value is -0.700. The summed E-state index contributed by atoms with van der Waals surface area (Å²) in [5, 5.41) is 4.18. The van der Waals surface area contributed by atoms with E-state index in [1.807, 2.05) is 10.9 Å². The summed E-state index contributed by atoms with van der Waals surface area (Å²) < 4.78 is 7.40. The van der Waals surface area contributed by atoms with Crippen LogP contribution >= 0.6 is 11.6 Å². The molecule has 0 saturated heterocycles. The monoisotopic (exact) mass is 216 g/mol. The SMILES string of the molecule is CC(CCl)COc1cnn(C(C)C)c1. The summed E-state index contributed by atoms with van der Waals surface area (Å²) in [6.45, 7) is 6.86. The van der Waals surface area contributed by atoms with Crippen molar-refractivity contribution < 1.29 is 4.74 Å². The van der Waals surface area contributed by atoms with Gasteiger partial charge in [0.25, 0.3) is 0 Å². The molecule has 0 aliphatic carbocycles. The van der Waals surface area contributed by atoms with Crippen molar-refractivity contribution >= 4 is 11.6 Å². The molecule has 0 aliphatic heterocycles. The lowest BCUT2D eigenvalue weighted by Gasteiger charge is -2.08. The molecule has 0 amide bonds. The highest BCUT2D eigenvalue weighted by Gasteiger charge is 2.04. The summed E-state index contributed by atoms with van der Waals surface area (Å²) in [5.41, 5.74) is 0. The van der Waals surface area contributed by atoms with Crippen LogP contribution in [0.25, 0.3) is 0 Å². The van der Waals surface area contributed by atoms with Crippen LogP contribution in [0, 0.1) is 5.92 Å². The Balaban J connectivity index is 2.44. The van der Waals surface area contributed by atoms with Gasteiger partial charge < -0.3 is 4.74 Å². The smallest absolute Gasteiger partial charge is 0.157 e. The molecule has 0 spiro atoms. The molecule has 0 aromatic carbocycles. The summed E-state index contributed by atoms with van der Waals surface area (Å²) >= 11 is 5.67. The van der Waals surface area contributed by atoms with Crippen molar-refractivity contribution in [2.24, 2.45) is 5.92 Å². The number of alkyl halides is 1. The lowest BCUT2D eigenvalue weighted by molar-refractivity contribution is 0.272. The summed E-state index contributed by atoms with van der Waals surface area (Å²) in [5.74, 6) is 1.81. The molecular weight excluding hydrogens is 200 g/mol. The maximum absolute atomic E-state index is 5.67. The van der Waals surface area contributed by atoms with Crippen molar-refractivity contribution in [3.05, 3.63) is 12.4 Å². The van der Waals surface area contributed by atoms with Crippen LogP contribution in [0.5, 0.6) is 5.75 Å². The Labute approximate surface area is 90.0 Å². The maximum Gasteiger partial charge on any atom is 0.157 e. The average molecular weight is 217 g/mol. The first-order valence-corrected chi connectivity index (χ1v) is 5.40. The molecule has 3 nitrogen and oxygen atoms in total. The second kappa shape index (κ2) is 5.25. The molecule has 1 unspecified atom stereocenters. The molecule has 14 heavy (non-hydrogen) atoms. The first-order chi connectivity index (χ1) is 6.63. The van der Waals surface area contributed by atoms with E-state index in [1.165, 1.54) is 0 Å². The zero-order valence-corrected chi connectivity index (χ0v) is 9.66. The van der Waals surface area contributed by atoms with E-state index in [-0.39, 0.29) is 0 Å². The zero-order chi connectivity index (χ0) is 10.6. The van der Waals surface area contributed by atoms with Crippen LogP contribution in [0.15, 0.2) is 12.4 Å². The Morgan fingerprint density at radius 3 is 2.71 bits per heavy atom. The molecule has 0 N–H and O–H groups in total. The minimum absolute atomic E-state index is 0.373. The number of halogens is 1. The highest BCUT2D eigenvalue weighted by Crippen LogP contribution is 2.13. The van der Waals surface area contributed by atoms with Crippen LogP contribution in [0.3, 0.4) is 0 Å². The first kappa shape index (κ1) is 11.4. The fourth-order valence-electron chi connectivity index (χ4n) is 0.961. The van der Waals surface area contributed by atoms with E-state index in [9.17, 15) is 0 Å². The molecule has 0 saturated carbocycles. The number of ether oxygens (including phenoxy) is 1. The van der Waals surface area contributed by atoms with Gasteiger partial charge >= 0.3 is 0 Å². The minimum Gasteiger partial charge on any atom is -0.490 e. The molecule has 1 atom stereocenters.